The maximum atomic E-state index is 13.0. The molecule has 1 N–H and O–H groups in total. The van der Waals surface area contributed by atoms with Crippen LogP contribution in [0.2, 0.25) is 0 Å². The molecule has 0 spiro atoms. The summed E-state index contributed by atoms with van der Waals surface area (Å²) in [6.07, 6.45) is 1.48. The summed E-state index contributed by atoms with van der Waals surface area (Å²) in [7, 11) is 2.86. The zero-order valence-corrected chi connectivity index (χ0v) is 16.5. The van der Waals surface area contributed by atoms with Crippen molar-refractivity contribution < 1.29 is 23.9 Å². The Morgan fingerprint density at radius 1 is 1.03 bits per heavy atom. The molecule has 7 heteroatoms. The highest BCUT2D eigenvalue weighted by Gasteiger charge is 2.30. The van der Waals surface area contributed by atoms with E-state index in [4.69, 9.17) is 4.74 Å². The Hall–Kier alpha value is -3.35. The largest absolute Gasteiger partial charge is 0.496 e. The Balaban J connectivity index is 1.65. The topological polar surface area (TPSA) is 84.9 Å². The van der Waals surface area contributed by atoms with Crippen molar-refractivity contribution in [1.29, 1.82) is 0 Å². The smallest absolute Gasteiger partial charge is 0.337 e. The highest BCUT2D eigenvalue weighted by atomic mass is 16.5. The number of hydrogen-bond acceptors (Lipinski definition) is 5. The van der Waals surface area contributed by atoms with Gasteiger partial charge >= 0.3 is 12.0 Å². The van der Waals surface area contributed by atoms with Crippen molar-refractivity contribution in [2.75, 3.05) is 32.6 Å². The number of nitrogens with zero attached hydrogens (tertiary/aromatic N) is 1. The van der Waals surface area contributed by atoms with Crippen LogP contribution in [0.1, 0.15) is 33.6 Å². The van der Waals surface area contributed by atoms with Gasteiger partial charge in [0.25, 0.3) is 0 Å². The number of likely N-dealkylation sites (tertiary alicyclic amines) is 1. The van der Waals surface area contributed by atoms with Crippen molar-refractivity contribution >= 4 is 23.5 Å². The molecule has 2 aromatic carbocycles. The summed E-state index contributed by atoms with van der Waals surface area (Å²) in [6, 6.07) is 13.3. The van der Waals surface area contributed by atoms with Gasteiger partial charge in [0.05, 0.1) is 25.3 Å². The molecule has 1 fully saturated rings. The number of piperidine rings is 1. The van der Waals surface area contributed by atoms with Gasteiger partial charge in [0.1, 0.15) is 5.75 Å². The molecule has 152 valence electrons. The summed E-state index contributed by atoms with van der Waals surface area (Å²) in [5.41, 5.74) is 1.52. The molecule has 2 aromatic rings. The third kappa shape index (κ3) is 4.74. The molecular weight excluding hydrogens is 372 g/mol. The van der Waals surface area contributed by atoms with Gasteiger partial charge in [-0.3, -0.25) is 4.79 Å². The van der Waals surface area contributed by atoms with E-state index in [0.717, 1.165) is 12.8 Å². The number of urea groups is 1. The van der Waals surface area contributed by atoms with E-state index in [2.05, 4.69) is 10.1 Å². The highest BCUT2D eigenvalue weighted by Crippen LogP contribution is 2.26. The molecule has 1 atom stereocenters. The Bertz CT molecular complexity index is 894. The number of anilines is 1. The molecule has 1 heterocycles. The van der Waals surface area contributed by atoms with Crippen LogP contribution in [-0.2, 0) is 4.74 Å². The van der Waals surface area contributed by atoms with Crippen LogP contribution in [0.4, 0.5) is 10.5 Å². The summed E-state index contributed by atoms with van der Waals surface area (Å²) >= 11 is 0. The Morgan fingerprint density at radius 2 is 1.76 bits per heavy atom. The highest BCUT2D eigenvalue weighted by molar-refractivity contribution is 6.01. The zero-order chi connectivity index (χ0) is 20.8. The van der Waals surface area contributed by atoms with Gasteiger partial charge < -0.3 is 19.7 Å². The maximum Gasteiger partial charge on any atom is 0.337 e. The third-order valence-electron chi connectivity index (χ3n) is 5.01. The van der Waals surface area contributed by atoms with Crippen LogP contribution >= 0.6 is 0 Å². The van der Waals surface area contributed by atoms with Crippen LogP contribution in [0.15, 0.2) is 48.5 Å². The molecule has 3 rings (SSSR count). The predicted octanol–water partition coefficient (Wildman–Crippen LogP) is 3.61. The number of ketones is 1. The van der Waals surface area contributed by atoms with Crippen LogP contribution in [0.25, 0.3) is 0 Å². The number of carbonyl (C=O) groups is 3. The lowest BCUT2D eigenvalue weighted by atomic mass is 9.89. The number of esters is 1. The van der Waals surface area contributed by atoms with Gasteiger partial charge in [-0.1, -0.05) is 12.1 Å². The lowest BCUT2D eigenvalue weighted by molar-refractivity contribution is 0.0600. The number of nitrogens with one attached hydrogen (secondary N) is 1. The first-order valence-electron chi connectivity index (χ1n) is 9.45. The Kier molecular flexibility index (Phi) is 6.49. The molecule has 0 aliphatic carbocycles. The summed E-state index contributed by atoms with van der Waals surface area (Å²) < 4.78 is 9.96. The van der Waals surface area contributed by atoms with E-state index in [-0.39, 0.29) is 17.7 Å². The molecule has 0 bridgehead atoms. The second-order valence-corrected chi connectivity index (χ2v) is 6.85. The minimum absolute atomic E-state index is 0.0117. The van der Waals surface area contributed by atoms with Gasteiger partial charge in [0.15, 0.2) is 5.78 Å². The Morgan fingerprint density at radius 3 is 2.45 bits per heavy atom. The van der Waals surface area contributed by atoms with Crippen LogP contribution < -0.4 is 10.1 Å². The fourth-order valence-corrected chi connectivity index (χ4v) is 3.45. The van der Waals surface area contributed by atoms with Gasteiger partial charge in [-0.05, 0) is 49.2 Å². The van der Waals surface area contributed by atoms with E-state index in [1.807, 2.05) is 6.07 Å². The maximum absolute atomic E-state index is 13.0. The number of amides is 2. The molecule has 1 saturated heterocycles. The van der Waals surface area contributed by atoms with E-state index < -0.39 is 5.97 Å². The summed E-state index contributed by atoms with van der Waals surface area (Å²) in [5.74, 6) is -0.170. The Labute approximate surface area is 169 Å². The van der Waals surface area contributed by atoms with Crippen LogP contribution in [0.5, 0.6) is 5.75 Å². The summed E-state index contributed by atoms with van der Waals surface area (Å²) in [6.45, 7) is 0.935. The molecule has 0 unspecified atom stereocenters. The number of Topliss-reactive ketones (excluding diaryl/α,β-unsaturated/α-hetero) is 1. The first kappa shape index (κ1) is 20.4. The van der Waals surface area contributed by atoms with Gasteiger partial charge in [-0.25, -0.2) is 9.59 Å². The SMILES string of the molecule is COC(=O)c1ccc(NC(=O)N2CCC[C@H](C(=O)c3ccccc3OC)C2)cc1. The van der Waals surface area contributed by atoms with E-state index in [1.54, 1.807) is 47.4 Å². The predicted molar refractivity (Wildman–Crippen MR) is 108 cm³/mol. The molecular formula is C22H24N2O5. The van der Waals surface area contributed by atoms with Gasteiger partial charge in [0, 0.05) is 24.7 Å². The molecule has 1 aliphatic heterocycles. The van der Waals surface area contributed by atoms with Crippen molar-refractivity contribution in [1.82, 2.24) is 4.90 Å². The number of ether oxygens (including phenoxy) is 2. The molecule has 29 heavy (non-hydrogen) atoms. The standard InChI is InChI=1S/C22H24N2O5/c1-28-19-8-4-3-7-18(19)20(25)16-6-5-13-24(14-16)22(27)23-17-11-9-15(10-12-17)21(26)29-2/h3-4,7-12,16H,5-6,13-14H2,1-2H3,(H,23,27)/t16-/m0/s1. The zero-order valence-electron chi connectivity index (χ0n) is 16.5. The number of methoxy groups -OCH3 is 2. The number of carbonyl (C=O) groups excluding carboxylic acids is 3. The van der Waals surface area contributed by atoms with Gasteiger partial charge in [-0.2, -0.15) is 0 Å². The molecule has 2 amide bonds. The monoisotopic (exact) mass is 396 g/mol. The third-order valence-corrected chi connectivity index (χ3v) is 5.01. The quantitative estimate of drug-likeness (QED) is 0.616. The summed E-state index contributed by atoms with van der Waals surface area (Å²) in [4.78, 5) is 38.8. The second-order valence-electron chi connectivity index (χ2n) is 6.85. The van der Waals surface area contributed by atoms with Crippen LogP contribution in [0.3, 0.4) is 0 Å². The first-order chi connectivity index (χ1) is 14.0. The van der Waals surface area contributed by atoms with Gasteiger partial charge in [-0.15, -0.1) is 0 Å². The molecule has 1 aliphatic rings. The van der Waals surface area contributed by atoms with Gasteiger partial charge in [0.2, 0.25) is 0 Å². The number of rotatable bonds is 5. The molecule has 0 radical (unpaired) electrons. The number of hydrogen-bond donors (Lipinski definition) is 1. The normalized spacial score (nSPS) is 16.1. The van der Waals surface area contributed by atoms with Crippen molar-refractivity contribution in [3.8, 4) is 5.75 Å². The van der Waals surface area contributed by atoms with Crippen molar-refractivity contribution in [3.05, 3.63) is 59.7 Å². The average molecular weight is 396 g/mol. The molecule has 0 saturated carbocycles. The second kappa shape index (κ2) is 9.23. The van der Waals surface area contributed by atoms with E-state index in [9.17, 15) is 14.4 Å². The first-order valence-corrected chi connectivity index (χ1v) is 9.45. The van der Waals surface area contributed by atoms with E-state index >= 15 is 0 Å². The van der Waals surface area contributed by atoms with Crippen molar-refractivity contribution in [2.45, 2.75) is 12.8 Å². The van der Waals surface area contributed by atoms with E-state index in [0.29, 0.717) is 35.7 Å². The minimum Gasteiger partial charge on any atom is -0.496 e. The van der Waals surface area contributed by atoms with Crippen molar-refractivity contribution in [2.24, 2.45) is 5.92 Å². The minimum atomic E-state index is -0.434. The lowest BCUT2D eigenvalue weighted by Gasteiger charge is -2.32. The van der Waals surface area contributed by atoms with Crippen LogP contribution in [-0.4, -0.2) is 50.0 Å². The van der Waals surface area contributed by atoms with Crippen LogP contribution in [0, 0.1) is 5.92 Å². The molecule has 0 aromatic heterocycles. The lowest BCUT2D eigenvalue weighted by Crippen LogP contribution is -2.44. The number of para-hydroxylation sites is 1. The fraction of sp³-hybridized carbons (Fsp3) is 0.318. The molecule has 7 nitrogen and oxygen atoms in total. The van der Waals surface area contributed by atoms with Crippen molar-refractivity contribution in [3.63, 3.8) is 0 Å². The summed E-state index contributed by atoms with van der Waals surface area (Å²) in [5, 5.41) is 2.82. The number of benzene rings is 2. The fourth-order valence-electron chi connectivity index (χ4n) is 3.45. The average Bonchev–Trinajstić information content (AvgIpc) is 2.78. The van der Waals surface area contributed by atoms with E-state index in [1.165, 1.54) is 14.2 Å².